The van der Waals surface area contributed by atoms with Crippen LogP contribution in [0.1, 0.15) is 11.5 Å². The first-order chi connectivity index (χ1) is 12.6. The molecular formula is C20H19NO5. The third-order valence-corrected chi connectivity index (χ3v) is 3.71. The molecule has 3 aromatic rings. The van der Waals surface area contributed by atoms with Crippen LogP contribution in [0.15, 0.2) is 59.0 Å². The minimum absolute atomic E-state index is 0.366. The van der Waals surface area contributed by atoms with Gasteiger partial charge in [0, 0.05) is 12.0 Å². The second-order valence-electron chi connectivity index (χ2n) is 5.64. The van der Waals surface area contributed by atoms with Crippen molar-refractivity contribution in [2.75, 3.05) is 13.2 Å². The summed E-state index contributed by atoms with van der Waals surface area (Å²) >= 11 is 0. The lowest BCUT2D eigenvalue weighted by Gasteiger charge is -2.07. The van der Waals surface area contributed by atoms with E-state index in [1.807, 2.05) is 37.3 Å². The Bertz CT molecular complexity index is 856. The minimum Gasteiger partial charge on any atom is -0.493 e. The van der Waals surface area contributed by atoms with Crippen molar-refractivity contribution < 1.29 is 23.8 Å². The minimum atomic E-state index is -1.01. The lowest BCUT2D eigenvalue weighted by Crippen LogP contribution is -2.09. The van der Waals surface area contributed by atoms with Crippen molar-refractivity contribution in [3.8, 4) is 23.0 Å². The lowest BCUT2D eigenvalue weighted by atomic mass is 10.2. The quantitative estimate of drug-likeness (QED) is 0.664. The molecule has 6 nitrogen and oxygen atoms in total. The molecule has 0 fully saturated rings. The van der Waals surface area contributed by atoms with Crippen molar-refractivity contribution in [2.45, 2.75) is 13.3 Å². The molecule has 1 N–H and O–H groups in total. The second kappa shape index (κ2) is 8.20. The van der Waals surface area contributed by atoms with Gasteiger partial charge in [-0.3, -0.25) is 0 Å². The zero-order valence-corrected chi connectivity index (χ0v) is 14.3. The number of carbonyl (C=O) groups is 1. The molecule has 3 rings (SSSR count). The van der Waals surface area contributed by atoms with Gasteiger partial charge in [0.2, 0.25) is 5.89 Å². The molecule has 2 aromatic carbocycles. The maximum atomic E-state index is 10.5. The third-order valence-electron chi connectivity index (χ3n) is 3.71. The van der Waals surface area contributed by atoms with E-state index in [1.54, 1.807) is 24.3 Å². The van der Waals surface area contributed by atoms with E-state index in [9.17, 15) is 4.79 Å². The van der Waals surface area contributed by atoms with Crippen LogP contribution in [-0.4, -0.2) is 29.3 Å². The van der Waals surface area contributed by atoms with Gasteiger partial charge in [-0.15, -0.1) is 0 Å². The largest absolute Gasteiger partial charge is 0.493 e. The Morgan fingerprint density at radius 2 is 1.69 bits per heavy atom. The smallest absolute Gasteiger partial charge is 0.341 e. The van der Waals surface area contributed by atoms with E-state index in [2.05, 4.69) is 4.98 Å². The Labute approximate surface area is 151 Å². The highest BCUT2D eigenvalue weighted by molar-refractivity contribution is 5.68. The lowest BCUT2D eigenvalue weighted by molar-refractivity contribution is -0.139. The van der Waals surface area contributed by atoms with Gasteiger partial charge in [-0.05, 0) is 43.3 Å². The van der Waals surface area contributed by atoms with E-state index in [1.165, 1.54) is 0 Å². The molecule has 0 amide bonds. The first kappa shape index (κ1) is 17.5. The van der Waals surface area contributed by atoms with Gasteiger partial charge < -0.3 is 19.0 Å². The van der Waals surface area contributed by atoms with Crippen LogP contribution in [0.2, 0.25) is 0 Å². The number of ether oxygens (including phenoxy) is 2. The van der Waals surface area contributed by atoms with Gasteiger partial charge in [0.05, 0.1) is 12.3 Å². The van der Waals surface area contributed by atoms with Crippen molar-refractivity contribution in [1.29, 1.82) is 0 Å². The fraction of sp³-hybridized carbons (Fsp3) is 0.200. The van der Waals surface area contributed by atoms with E-state index in [0.29, 0.717) is 30.4 Å². The summed E-state index contributed by atoms with van der Waals surface area (Å²) in [5.74, 6) is 1.54. The Hall–Kier alpha value is -3.28. The number of hydrogen-bond acceptors (Lipinski definition) is 5. The average molecular weight is 353 g/mol. The van der Waals surface area contributed by atoms with Crippen LogP contribution < -0.4 is 9.47 Å². The van der Waals surface area contributed by atoms with Crippen LogP contribution >= 0.6 is 0 Å². The number of rotatable bonds is 8. The van der Waals surface area contributed by atoms with E-state index >= 15 is 0 Å². The van der Waals surface area contributed by atoms with Gasteiger partial charge in [-0.1, -0.05) is 18.2 Å². The Morgan fingerprint density at radius 3 is 2.35 bits per heavy atom. The summed E-state index contributed by atoms with van der Waals surface area (Å²) in [5, 5.41) is 8.59. The van der Waals surface area contributed by atoms with Gasteiger partial charge in [-0.2, -0.15) is 0 Å². The summed E-state index contributed by atoms with van der Waals surface area (Å²) in [6, 6.07) is 16.6. The molecular weight excluding hydrogens is 334 g/mol. The number of carboxylic acids is 1. The number of aryl methyl sites for hydroxylation is 1. The summed E-state index contributed by atoms with van der Waals surface area (Å²) in [4.78, 5) is 15.0. The molecule has 0 atom stereocenters. The zero-order valence-electron chi connectivity index (χ0n) is 14.3. The summed E-state index contributed by atoms with van der Waals surface area (Å²) in [6.07, 6.45) is 0.624. The first-order valence-electron chi connectivity index (χ1n) is 8.21. The Morgan fingerprint density at radius 1 is 1.04 bits per heavy atom. The van der Waals surface area contributed by atoms with Crippen molar-refractivity contribution in [1.82, 2.24) is 4.98 Å². The number of aromatic nitrogens is 1. The van der Waals surface area contributed by atoms with Gasteiger partial charge in [0.25, 0.3) is 0 Å². The molecule has 1 heterocycles. The molecule has 0 unspecified atom stereocenters. The molecule has 1 aromatic heterocycles. The highest BCUT2D eigenvalue weighted by Gasteiger charge is 2.11. The first-order valence-corrected chi connectivity index (χ1v) is 8.21. The van der Waals surface area contributed by atoms with Gasteiger partial charge in [0.15, 0.2) is 6.61 Å². The fourth-order valence-electron chi connectivity index (χ4n) is 2.41. The molecule has 0 aliphatic rings. The van der Waals surface area contributed by atoms with Crippen LogP contribution in [0.3, 0.4) is 0 Å². The van der Waals surface area contributed by atoms with E-state index in [4.69, 9.17) is 19.0 Å². The van der Waals surface area contributed by atoms with Crippen LogP contribution in [0, 0.1) is 6.92 Å². The van der Waals surface area contributed by atoms with E-state index < -0.39 is 5.97 Å². The molecule has 0 radical (unpaired) electrons. The number of oxazole rings is 1. The molecule has 0 aliphatic carbocycles. The average Bonchev–Trinajstić information content (AvgIpc) is 3.03. The standard InChI is InChI=1S/C20H19NO5/c1-14-18(21-20(26-14)15-5-3-2-4-6-15)11-12-24-16-7-9-17(10-8-16)25-13-19(22)23/h2-10H,11-13H2,1H3,(H,22,23). The van der Waals surface area contributed by atoms with Crippen LogP contribution in [0.5, 0.6) is 11.5 Å². The molecule has 6 heteroatoms. The molecule has 134 valence electrons. The monoisotopic (exact) mass is 353 g/mol. The van der Waals surface area contributed by atoms with Gasteiger partial charge in [0.1, 0.15) is 17.3 Å². The zero-order chi connectivity index (χ0) is 18.4. The number of aliphatic carboxylic acids is 1. The maximum Gasteiger partial charge on any atom is 0.341 e. The summed E-state index contributed by atoms with van der Waals surface area (Å²) in [6.45, 7) is 1.98. The van der Waals surface area contributed by atoms with Gasteiger partial charge >= 0.3 is 5.97 Å². The SMILES string of the molecule is Cc1oc(-c2ccccc2)nc1CCOc1ccc(OCC(=O)O)cc1. The summed E-state index contributed by atoms with van der Waals surface area (Å²) in [5.41, 5.74) is 1.81. The summed E-state index contributed by atoms with van der Waals surface area (Å²) in [7, 11) is 0. The normalized spacial score (nSPS) is 10.5. The number of nitrogens with zero attached hydrogens (tertiary/aromatic N) is 1. The van der Waals surface area contributed by atoms with Crippen molar-refractivity contribution in [3.05, 3.63) is 66.1 Å². The molecule has 0 saturated heterocycles. The van der Waals surface area contributed by atoms with Crippen LogP contribution in [0.4, 0.5) is 0 Å². The van der Waals surface area contributed by atoms with Crippen LogP contribution in [-0.2, 0) is 11.2 Å². The predicted molar refractivity (Wildman–Crippen MR) is 95.4 cm³/mol. The second-order valence-corrected chi connectivity index (χ2v) is 5.64. The number of carboxylic acid groups (broad SMARTS) is 1. The van der Waals surface area contributed by atoms with E-state index in [0.717, 1.165) is 17.0 Å². The Kier molecular flexibility index (Phi) is 5.53. The molecule has 0 spiro atoms. The molecule has 0 bridgehead atoms. The maximum absolute atomic E-state index is 10.5. The van der Waals surface area contributed by atoms with Crippen LogP contribution in [0.25, 0.3) is 11.5 Å². The van der Waals surface area contributed by atoms with Crippen molar-refractivity contribution >= 4 is 5.97 Å². The van der Waals surface area contributed by atoms with Crippen molar-refractivity contribution in [3.63, 3.8) is 0 Å². The fourth-order valence-corrected chi connectivity index (χ4v) is 2.41. The highest BCUT2D eigenvalue weighted by Crippen LogP contribution is 2.22. The summed E-state index contributed by atoms with van der Waals surface area (Å²) < 4.78 is 16.5. The molecule has 0 saturated carbocycles. The number of hydrogen-bond donors (Lipinski definition) is 1. The molecule has 0 aliphatic heterocycles. The highest BCUT2D eigenvalue weighted by atomic mass is 16.5. The Balaban J connectivity index is 1.53. The third kappa shape index (κ3) is 4.63. The van der Waals surface area contributed by atoms with Gasteiger partial charge in [-0.25, -0.2) is 9.78 Å². The topological polar surface area (TPSA) is 81.8 Å². The van der Waals surface area contributed by atoms with E-state index in [-0.39, 0.29) is 6.61 Å². The molecule has 26 heavy (non-hydrogen) atoms. The van der Waals surface area contributed by atoms with Crippen molar-refractivity contribution in [2.24, 2.45) is 0 Å². The predicted octanol–water partition coefficient (Wildman–Crippen LogP) is 3.73. The number of benzene rings is 2.